The van der Waals surface area contributed by atoms with E-state index in [1.54, 1.807) is 0 Å². The number of alkyl halides is 3. The van der Waals surface area contributed by atoms with Crippen LogP contribution in [0.3, 0.4) is 0 Å². The number of hydrogen-bond acceptors (Lipinski definition) is 3. The minimum absolute atomic E-state index is 0.934. The van der Waals surface area contributed by atoms with Crippen molar-refractivity contribution in [3.05, 3.63) is 0 Å². The fourth-order valence-corrected chi connectivity index (χ4v) is 2.30. The molecule has 0 amide bonds. The Kier molecular flexibility index (Phi) is 8.80. The van der Waals surface area contributed by atoms with Crippen LogP contribution in [0.5, 0.6) is 0 Å². The summed E-state index contributed by atoms with van der Waals surface area (Å²) in [6.07, 6.45) is 0.0343. The number of halogens is 3. The number of carbonyl (C=O) groups excluding carboxylic acids is 1. The Hall–Kier alpha value is -0.820. The second-order valence-corrected chi connectivity index (χ2v) is 5.04. The highest BCUT2D eigenvalue weighted by atomic mass is 19.4. The van der Waals surface area contributed by atoms with E-state index in [0.29, 0.717) is 0 Å². The molecule has 0 aliphatic carbocycles. The predicted octanol–water partition coefficient (Wildman–Crippen LogP) is 1.69. The van der Waals surface area contributed by atoms with Gasteiger partial charge in [-0.1, -0.05) is 13.8 Å². The number of carboxylic acid groups (broad SMARTS) is 1. The number of carbonyl (C=O) groups is 1. The van der Waals surface area contributed by atoms with Crippen LogP contribution in [0.1, 0.15) is 39.5 Å². The molecule has 0 aromatic carbocycles. The van der Waals surface area contributed by atoms with Gasteiger partial charge in [0.25, 0.3) is 0 Å². The van der Waals surface area contributed by atoms with Gasteiger partial charge < -0.3 is 19.1 Å². The highest BCUT2D eigenvalue weighted by Gasteiger charge is 2.30. The Balaban J connectivity index is 0.000000441. The first-order valence-electron chi connectivity index (χ1n) is 6.98. The zero-order chi connectivity index (χ0) is 15.6. The van der Waals surface area contributed by atoms with E-state index in [1.807, 2.05) is 0 Å². The van der Waals surface area contributed by atoms with E-state index in [9.17, 15) is 13.2 Å². The lowest BCUT2D eigenvalue weighted by molar-refractivity contribution is -0.935. The molecule has 0 N–H and O–H groups in total. The Morgan fingerprint density at radius 3 is 2.05 bits per heavy atom. The van der Waals surface area contributed by atoms with E-state index in [2.05, 4.69) is 13.8 Å². The lowest BCUT2D eigenvalue weighted by atomic mass is 10.4. The third-order valence-electron chi connectivity index (χ3n) is 3.16. The van der Waals surface area contributed by atoms with Gasteiger partial charge in [0.05, 0.1) is 26.2 Å². The summed E-state index contributed by atoms with van der Waals surface area (Å²) in [5.74, 6) is -3.01. The van der Waals surface area contributed by atoms with Gasteiger partial charge in [0.2, 0.25) is 0 Å². The van der Waals surface area contributed by atoms with Crippen LogP contribution in [0.2, 0.25) is 0 Å². The minimum atomic E-state index is -5.19. The molecule has 0 radical (unpaired) electrons. The number of quaternary nitrogens is 1. The Morgan fingerprint density at radius 2 is 1.70 bits per heavy atom. The van der Waals surface area contributed by atoms with Crippen molar-refractivity contribution in [2.75, 3.05) is 33.0 Å². The molecule has 0 bridgehead atoms. The topological polar surface area (TPSA) is 49.4 Å². The van der Waals surface area contributed by atoms with Crippen LogP contribution in [0.25, 0.3) is 0 Å². The maximum Gasteiger partial charge on any atom is 0.430 e. The van der Waals surface area contributed by atoms with Crippen molar-refractivity contribution in [2.24, 2.45) is 0 Å². The molecular weight excluding hydrogens is 275 g/mol. The molecule has 20 heavy (non-hydrogen) atoms. The van der Waals surface area contributed by atoms with E-state index in [-0.39, 0.29) is 0 Å². The van der Waals surface area contributed by atoms with E-state index in [4.69, 9.17) is 14.6 Å². The first-order valence-corrected chi connectivity index (χ1v) is 6.98. The van der Waals surface area contributed by atoms with Crippen molar-refractivity contribution in [3.63, 3.8) is 0 Å². The number of nitrogens with zero attached hydrogens (tertiary/aromatic N) is 1. The lowest BCUT2D eigenvalue weighted by Crippen LogP contribution is -2.47. The molecule has 1 saturated heterocycles. The van der Waals surface area contributed by atoms with Gasteiger partial charge in [-0.25, -0.2) is 0 Å². The predicted molar refractivity (Wildman–Crippen MR) is 66.6 cm³/mol. The molecule has 0 spiro atoms. The summed E-state index contributed by atoms with van der Waals surface area (Å²) in [7, 11) is 0. The Morgan fingerprint density at radius 1 is 1.20 bits per heavy atom. The largest absolute Gasteiger partial charge is 0.542 e. The van der Waals surface area contributed by atoms with Gasteiger partial charge in [-0.15, -0.1) is 0 Å². The van der Waals surface area contributed by atoms with E-state index in [1.165, 1.54) is 43.4 Å². The van der Waals surface area contributed by atoms with Crippen LogP contribution in [-0.4, -0.2) is 49.6 Å². The molecule has 0 aromatic rings. The van der Waals surface area contributed by atoms with Crippen molar-refractivity contribution in [1.82, 2.24) is 0 Å². The van der Waals surface area contributed by atoms with E-state index < -0.39 is 12.1 Å². The van der Waals surface area contributed by atoms with Crippen molar-refractivity contribution < 1.29 is 32.3 Å². The molecule has 1 aliphatic heterocycles. The van der Waals surface area contributed by atoms with Crippen LogP contribution < -0.4 is 5.11 Å². The van der Waals surface area contributed by atoms with Gasteiger partial charge in [0.1, 0.15) is 5.97 Å². The molecule has 120 valence electrons. The summed E-state index contributed by atoms with van der Waals surface area (Å²) in [5.41, 5.74) is 0. The van der Waals surface area contributed by atoms with Gasteiger partial charge in [0.15, 0.2) is 6.73 Å². The van der Waals surface area contributed by atoms with Crippen LogP contribution >= 0.6 is 0 Å². The SMILES string of the molecule is CCCOC[N+]1(CCC)CCCC1.O=C([O-])C(F)(F)F. The second-order valence-electron chi connectivity index (χ2n) is 5.04. The highest BCUT2D eigenvalue weighted by molar-refractivity contribution is 5.70. The Bertz CT molecular complexity index is 277. The van der Waals surface area contributed by atoms with Crippen LogP contribution in [0.15, 0.2) is 0 Å². The van der Waals surface area contributed by atoms with E-state index >= 15 is 0 Å². The van der Waals surface area contributed by atoms with Crippen LogP contribution in [0, 0.1) is 0 Å². The molecule has 1 aliphatic rings. The lowest BCUT2D eigenvalue weighted by Gasteiger charge is -2.33. The maximum absolute atomic E-state index is 10.5. The average molecular weight is 299 g/mol. The summed E-state index contributed by atoms with van der Waals surface area (Å²) in [5, 5.41) is 8.78. The first kappa shape index (κ1) is 19.2. The minimum Gasteiger partial charge on any atom is -0.542 e. The number of aliphatic carboxylic acids is 1. The number of ether oxygens (including phenoxy) is 1. The number of rotatable bonds is 6. The smallest absolute Gasteiger partial charge is 0.430 e. The summed E-state index contributed by atoms with van der Waals surface area (Å²) < 4.78 is 38.5. The molecular formula is C13H24F3NO3. The fourth-order valence-electron chi connectivity index (χ4n) is 2.30. The molecule has 1 fully saturated rings. The molecule has 4 nitrogen and oxygen atoms in total. The van der Waals surface area contributed by atoms with Gasteiger partial charge >= 0.3 is 6.18 Å². The van der Waals surface area contributed by atoms with Crippen molar-refractivity contribution >= 4 is 5.97 Å². The summed E-state index contributed by atoms with van der Waals surface area (Å²) in [4.78, 5) is 8.78. The maximum atomic E-state index is 10.5. The summed E-state index contributed by atoms with van der Waals surface area (Å²) in [6, 6.07) is 0. The van der Waals surface area contributed by atoms with Crippen molar-refractivity contribution in [1.29, 1.82) is 0 Å². The third kappa shape index (κ3) is 7.69. The molecule has 0 aromatic heterocycles. The number of carboxylic acids is 1. The standard InChI is InChI=1S/C11H24NO.C2HF3O2/c1-3-7-12(8-5-6-9-12)11-13-10-4-2;3-2(4,5)1(6)7/h3-11H2,1-2H3;(H,6,7)/q+1;/p-1. The summed E-state index contributed by atoms with van der Waals surface area (Å²) in [6.45, 7) is 10.3. The Labute approximate surface area is 118 Å². The summed E-state index contributed by atoms with van der Waals surface area (Å²) >= 11 is 0. The fraction of sp³-hybridized carbons (Fsp3) is 0.923. The number of hydrogen-bond donors (Lipinski definition) is 0. The zero-order valence-corrected chi connectivity index (χ0v) is 12.2. The zero-order valence-electron chi connectivity index (χ0n) is 12.2. The second kappa shape index (κ2) is 9.18. The van der Waals surface area contributed by atoms with Crippen LogP contribution in [-0.2, 0) is 9.53 Å². The average Bonchev–Trinajstić information content (AvgIpc) is 2.78. The van der Waals surface area contributed by atoms with Crippen molar-refractivity contribution in [2.45, 2.75) is 45.7 Å². The molecule has 1 rings (SSSR count). The van der Waals surface area contributed by atoms with Gasteiger partial charge in [0, 0.05) is 12.8 Å². The van der Waals surface area contributed by atoms with Gasteiger partial charge in [-0.2, -0.15) is 13.2 Å². The highest BCUT2D eigenvalue weighted by Crippen LogP contribution is 2.19. The first-order chi connectivity index (χ1) is 9.27. The van der Waals surface area contributed by atoms with Gasteiger partial charge in [-0.3, -0.25) is 0 Å². The normalized spacial score (nSPS) is 17.4. The molecule has 0 atom stereocenters. The third-order valence-corrected chi connectivity index (χ3v) is 3.16. The molecule has 0 unspecified atom stereocenters. The van der Waals surface area contributed by atoms with Crippen molar-refractivity contribution in [3.8, 4) is 0 Å². The molecule has 1 heterocycles. The molecule has 7 heteroatoms. The number of likely N-dealkylation sites (tertiary alicyclic amines) is 1. The quantitative estimate of drug-likeness (QED) is 0.554. The van der Waals surface area contributed by atoms with Gasteiger partial charge in [-0.05, 0) is 12.8 Å². The van der Waals surface area contributed by atoms with E-state index in [0.717, 1.165) is 19.8 Å². The molecule has 0 saturated carbocycles. The monoisotopic (exact) mass is 299 g/mol. The van der Waals surface area contributed by atoms with Crippen LogP contribution in [0.4, 0.5) is 13.2 Å².